The third-order valence-corrected chi connectivity index (χ3v) is 3.98. The molecular formula is C12H22O11. The summed E-state index contributed by atoms with van der Waals surface area (Å²) in [5.74, 6) is 0. The predicted molar refractivity (Wildman–Crippen MR) is 68.6 cm³/mol. The maximum absolute atomic E-state index is 10.00. The van der Waals surface area contributed by atoms with Gasteiger partial charge in [0.1, 0.15) is 48.8 Å². The summed E-state index contributed by atoms with van der Waals surface area (Å²) in [7, 11) is 0. The van der Waals surface area contributed by atoms with Crippen molar-refractivity contribution in [3.8, 4) is 0 Å². The standard InChI is InChI=1S/C12H22O11/c13-1-3-5(15)7(17)8(18)12(22-3)23-10-6(16)4(2-14)21-11(20)9(10)19/h3-20H,1-2H2/t3-,4-,5-,6+,7+,8-,9-,10+,11?,12?/m1/s1. The summed E-state index contributed by atoms with van der Waals surface area (Å²) >= 11 is 0. The Balaban J connectivity index is 2.11. The first-order valence-electron chi connectivity index (χ1n) is 7.08. The van der Waals surface area contributed by atoms with Gasteiger partial charge in [-0.2, -0.15) is 0 Å². The van der Waals surface area contributed by atoms with E-state index in [1.807, 2.05) is 0 Å². The van der Waals surface area contributed by atoms with Gasteiger partial charge in [-0.15, -0.1) is 0 Å². The average Bonchev–Trinajstić information content (AvgIpc) is 2.54. The number of aliphatic hydroxyl groups excluding tert-OH is 8. The van der Waals surface area contributed by atoms with Gasteiger partial charge < -0.3 is 55.1 Å². The minimum atomic E-state index is -1.76. The molecule has 0 aliphatic carbocycles. The summed E-state index contributed by atoms with van der Waals surface area (Å²) in [6.07, 6.45) is -15.7. The lowest BCUT2D eigenvalue weighted by Crippen LogP contribution is -2.64. The smallest absolute Gasteiger partial charge is 0.187 e. The predicted octanol–water partition coefficient (Wildman–Crippen LogP) is -5.40. The van der Waals surface area contributed by atoms with E-state index in [9.17, 15) is 30.6 Å². The van der Waals surface area contributed by atoms with Gasteiger partial charge in [-0.1, -0.05) is 0 Å². The molecule has 2 fully saturated rings. The van der Waals surface area contributed by atoms with E-state index in [0.717, 1.165) is 0 Å². The molecule has 8 N–H and O–H groups in total. The van der Waals surface area contributed by atoms with E-state index in [-0.39, 0.29) is 0 Å². The quantitative estimate of drug-likeness (QED) is 0.243. The molecule has 2 unspecified atom stereocenters. The summed E-state index contributed by atoms with van der Waals surface area (Å²) in [5, 5.41) is 76.8. The summed E-state index contributed by atoms with van der Waals surface area (Å²) in [5.41, 5.74) is 0. The molecule has 0 saturated carbocycles. The van der Waals surface area contributed by atoms with Crippen LogP contribution in [-0.4, -0.2) is 115 Å². The van der Waals surface area contributed by atoms with E-state index < -0.39 is 74.6 Å². The zero-order chi connectivity index (χ0) is 17.3. The normalized spacial score (nSPS) is 51.7. The second-order valence-corrected chi connectivity index (χ2v) is 5.53. The first kappa shape index (κ1) is 18.9. The summed E-state index contributed by atoms with van der Waals surface area (Å²) in [6.45, 7) is -1.34. The van der Waals surface area contributed by atoms with Crippen molar-refractivity contribution in [2.75, 3.05) is 13.2 Å². The van der Waals surface area contributed by atoms with E-state index in [0.29, 0.717) is 0 Å². The van der Waals surface area contributed by atoms with E-state index in [2.05, 4.69) is 0 Å². The third-order valence-electron chi connectivity index (χ3n) is 3.98. The third kappa shape index (κ3) is 3.65. The van der Waals surface area contributed by atoms with E-state index in [1.54, 1.807) is 0 Å². The van der Waals surface area contributed by atoms with Gasteiger partial charge in [-0.25, -0.2) is 0 Å². The van der Waals surface area contributed by atoms with Crippen LogP contribution in [0.4, 0.5) is 0 Å². The van der Waals surface area contributed by atoms with Crippen LogP contribution in [0.25, 0.3) is 0 Å². The molecule has 0 bridgehead atoms. The molecular weight excluding hydrogens is 320 g/mol. The number of aliphatic hydroxyl groups is 8. The van der Waals surface area contributed by atoms with Crippen LogP contribution in [0.3, 0.4) is 0 Å². The number of hydrogen-bond acceptors (Lipinski definition) is 11. The number of ether oxygens (including phenoxy) is 3. The molecule has 0 aromatic rings. The van der Waals surface area contributed by atoms with Crippen molar-refractivity contribution in [3.05, 3.63) is 0 Å². The molecule has 0 radical (unpaired) electrons. The molecule has 23 heavy (non-hydrogen) atoms. The largest absolute Gasteiger partial charge is 0.394 e. The molecule has 0 amide bonds. The molecule has 2 saturated heterocycles. The second-order valence-electron chi connectivity index (χ2n) is 5.53. The molecule has 0 aromatic heterocycles. The highest BCUT2D eigenvalue weighted by Gasteiger charge is 2.50. The molecule has 2 aliphatic rings. The lowest BCUT2D eigenvalue weighted by atomic mass is 9.97. The second kappa shape index (κ2) is 7.63. The van der Waals surface area contributed by atoms with Crippen LogP contribution in [-0.2, 0) is 14.2 Å². The average molecular weight is 342 g/mol. The molecule has 0 aromatic carbocycles. The fourth-order valence-corrected chi connectivity index (χ4v) is 2.56. The number of hydrogen-bond donors (Lipinski definition) is 8. The first-order chi connectivity index (χ1) is 10.8. The Bertz CT molecular complexity index is 380. The summed E-state index contributed by atoms with van der Waals surface area (Å²) in [4.78, 5) is 0. The zero-order valence-corrected chi connectivity index (χ0v) is 12.0. The molecule has 136 valence electrons. The van der Waals surface area contributed by atoms with E-state index >= 15 is 0 Å². The lowest BCUT2D eigenvalue weighted by Gasteiger charge is -2.45. The van der Waals surface area contributed by atoms with Crippen LogP contribution in [0.2, 0.25) is 0 Å². The Morgan fingerprint density at radius 1 is 0.652 bits per heavy atom. The van der Waals surface area contributed by atoms with Crippen molar-refractivity contribution in [1.82, 2.24) is 0 Å². The van der Waals surface area contributed by atoms with Crippen molar-refractivity contribution in [3.63, 3.8) is 0 Å². The van der Waals surface area contributed by atoms with Crippen LogP contribution in [0.5, 0.6) is 0 Å². The highest BCUT2D eigenvalue weighted by atomic mass is 16.7. The fourth-order valence-electron chi connectivity index (χ4n) is 2.56. The minimum absolute atomic E-state index is 0.667. The van der Waals surface area contributed by atoms with Gasteiger partial charge >= 0.3 is 0 Å². The molecule has 11 nitrogen and oxygen atoms in total. The Morgan fingerprint density at radius 2 is 1.22 bits per heavy atom. The molecule has 2 rings (SSSR count). The number of rotatable bonds is 4. The zero-order valence-electron chi connectivity index (χ0n) is 12.0. The molecule has 10 atom stereocenters. The monoisotopic (exact) mass is 342 g/mol. The van der Waals surface area contributed by atoms with Crippen LogP contribution in [0.15, 0.2) is 0 Å². The van der Waals surface area contributed by atoms with Crippen LogP contribution in [0.1, 0.15) is 0 Å². The van der Waals surface area contributed by atoms with E-state index in [1.165, 1.54) is 0 Å². The topological polar surface area (TPSA) is 190 Å². The molecule has 11 heteroatoms. The Morgan fingerprint density at radius 3 is 1.78 bits per heavy atom. The Hall–Kier alpha value is -0.440. The Labute approximate surface area is 130 Å². The molecule has 2 aliphatic heterocycles. The fraction of sp³-hybridized carbons (Fsp3) is 1.00. The first-order valence-corrected chi connectivity index (χ1v) is 7.08. The van der Waals surface area contributed by atoms with Crippen molar-refractivity contribution >= 4 is 0 Å². The summed E-state index contributed by atoms with van der Waals surface area (Å²) < 4.78 is 15.1. The maximum atomic E-state index is 10.00. The van der Waals surface area contributed by atoms with Gasteiger partial charge in [0.2, 0.25) is 0 Å². The minimum Gasteiger partial charge on any atom is -0.394 e. The highest BCUT2D eigenvalue weighted by molar-refractivity contribution is 4.93. The van der Waals surface area contributed by atoms with Gasteiger partial charge in [0.05, 0.1) is 13.2 Å². The molecule has 0 spiro atoms. The van der Waals surface area contributed by atoms with Crippen molar-refractivity contribution in [2.24, 2.45) is 0 Å². The van der Waals surface area contributed by atoms with Gasteiger partial charge in [-0.05, 0) is 0 Å². The van der Waals surface area contributed by atoms with Gasteiger partial charge in [0.15, 0.2) is 12.6 Å². The summed E-state index contributed by atoms with van der Waals surface area (Å²) in [6, 6.07) is 0. The van der Waals surface area contributed by atoms with Crippen molar-refractivity contribution in [2.45, 2.75) is 61.4 Å². The highest BCUT2D eigenvalue weighted by Crippen LogP contribution is 2.28. The Kier molecular flexibility index (Phi) is 6.27. The lowest BCUT2D eigenvalue weighted by molar-refractivity contribution is -0.355. The maximum Gasteiger partial charge on any atom is 0.187 e. The molecule has 2 heterocycles. The van der Waals surface area contributed by atoms with Crippen molar-refractivity contribution < 1.29 is 55.1 Å². The SMILES string of the molecule is OC[C@H]1OC(O)[C@H](O)[C@@H](OC2O[C@H](CO)[C@@H](O)[C@H](O)[C@H]2O)[C@H]1O. The van der Waals surface area contributed by atoms with Gasteiger partial charge in [-0.3, -0.25) is 0 Å². The van der Waals surface area contributed by atoms with Crippen LogP contribution >= 0.6 is 0 Å². The van der Waals surface area contributed by atoms with Gasteiger partial charge in [0.25, 0.3) is 0 Å². The van der Waals surface area contributed by atoms with E-state index in [4.69, 9.17) is 24.4 Å². The van der Waals surface area contributed by atoms with Gasteiger partial charge in [0, 0.05) is 0 Å². The van der Waals surface area contributed by atoms with Crippen molar-refractivity contribution in [1.29, 1.82) is 0 Å². The van der Waals surface area contributed by atoms with Crippen LogP contribution in [0, 0.1) is 0 Å². The van der Waals surface area contributed by atoms with Crippen LogP contribution < -0.4 is 0 Å².